The van der Waals surface area contributed by atoms with Crippen molar-refractivity contribution < 1.29 is 38.8 Å². The van der Waals surface area contributed by atoms with Crippen molar-refractivity contribution in [2.75, 3.05) is 24.9 Å². The first-order valence-corrected chi connectivity index (χ1v) is 17.8. The normalized spacial score (nSPS) is 11.3. The number of aliphatic hydroxyl groups excluding tert-OH is 1. The molecule has 2 aliphatic rings. The number of anilines is 2. The third kappa shape index (κ3) is 6.66. The summed E-state index contributed by atoms with van der Waals surface area (Å²) in [5, 5.41) is 40.4. The number of pyridine rings is 2. The van der Waals surface area contributed by atoms with Gasteiger partial charge in [0.05, 0.1) is 71.2 Å². The number of aromatic carboxylic acids is 1. The number of hydrogen-bond acceptors (Lipinski definition) is 12. The quantitative estimate of drug-likeness (QED) is 0.0640. The van der Waals surface area contributed by atoms with Crippen LogP contribution in [0.15, 0.2) is 112 Å². The number of nitrogens with zero attached hydrogens (tertiary/aromatic N) is 2. The molecule has 6 aromatic rings. The van der Waals surface area contributed by atoms with Crippen LogP contribution in [0, 0.1) is 0 Å². The van der Waals surface area contributed by atoms with Crippen LogP contribution in [0.25, 0.3) is 55.2 Å². The highest BCUT2D eigenvalue weighted by Gasteiger charge is 2.28. The van der Waals surface area contributed by atoms with Gasteiger partial charge in [0.2, 0.25) is 5.88 Å². The fraction of sp³-hybridized carbons (Fsp3) is 0.114. The maximum atomic E-state index is 13.8. The second-order valence-corrected chi connectivity index (χ2v) is 13.2. The summed E-state index contributed by atoms with van der Waals surface area (Å²) >= 11 is 0. The number of benzene rings is 5. The predicted molar refractivity (Wildman–Crippen MR) is 215 cm³/mol. The lowest BCUT2D eigenvalue weighted by Gasteiger charge is -2.21. The number of aliphatic hydroxyl groups is 1. The van der Waals surface area contributed by atoms with Gasteiger partial charge in [0.25, 0.3) is 0 Å². The van der Waals surface area contributed by atoms with Gasteiger partial charge in [-0.2, -0.15) is 0 Å². The molecule has 0 atom stereocenters. The molecule has 8 rings (SSSR count). The first-order valence-electron chi connectivity index (χ1n) is 17.8. The molecule has 4 aromatic carbocycles. The van der Waals surface area contributed by atoms with Crippen LogP contribution in [0.1, 0.15) is 37.5 Å². The number of nitrogens with one attached hydrogen (secondary N) is 2. The Balaban J connectivity index is 1.35. The molecule has 1 aliphatic carbocycles. The summed E-state index contributed by atoms with van der Waals surface area (Å²) in [4.78, 5) is 48.6. The molecule has 0 saturated carbocycles. The van der Waals surface area contributed by atoms with Crippen LogP contribution in [0.2, 0.25) is 0 Å². The van der Waals surface area contributed by atoms with Gasteiger partial charge in [-0.3, -0.25) is 4.79 Å². The number of phenolic OH excluding ortho intramolecular Hbond substituents is 1. The first-order chi connectivity index (χ1) is 27.7. The summed E-state index contributed by atoms with van der Waals surface area (Å²) in [5.74, 6) is -1.51. The van der Waals surface area contributed by atoms with Crippen LogP contribution >= 0.6 is 0 Å². The third-order valence-corrected chi connectivity index (χ3v) is 9.89. The van der Waals surface area contributed by atoms with Gasteiger partial charge in [-0.25, -0.2) is 19.6 Å². The first kappa shape index (κ1) is 36.5. The van der Waals surface area contributed by atoms with E-state index in [0.717, 1.165) is 10.8 Å². The van der Waals surface area contributed by atoms with Gasteiger partial charge in [0, 0.05) is 46.4 Å². The fourth-order valence-corrected chi connectivity index (χ4v) is 7.08. The van der Waals surface area contributed by atoms with Crippen LogP contribution in [0.5, 0.6) is 11.6 Å². The van der Waals surface area contributed by atoms with E-state index in [2.05, 4.69) is 20.6 Å². The highest BCUT2D eigenvalue weighted by Crippen LogP contribution is 2.45. The molecule has 13 nitrogen and oxygen atoms in total. The Kier molecular flexibility index (Phi) is 9.57. The minimum Gasteiger partial charge on any atom is -0.507 e. The second kappa shape index (κ2) is 15.0. The smallest absolute Gasteiger partial charge is 0.337 e. The molecule has 0 bridgehead atoms. The summed E-state index contributed by atoms with van der Waals surface area (Å²) in [6, 6.07) is 28.5. The molecule has 0 radical (unpaired) electrons. The van der Waals surface area contributed by atoms with E-state index in [0.29, 0.717) is 56.1 Å². The van der Waals surface area contributed by atoms with Crippen molar-refractivity contribution in [2.45, 2.75) is 19.7 Å². The number of rotatable bonds is 11. The number of carboxylic acids is 1. The lowest BCUT2D eigenvalue weighted by molar-refractivity contribution is 0.0598. The van der Waals surface area contributed by atoms with E-state index in [1.165, 1.54) is 44.6 Å². The van der Waals surface area contributed by atoms with Crippen molar-refractivity contribution in [2.24, 2.45) is 0 Å². The van der Waals surface area contributed by atoms with Crippen LogP contribution < -0.4 is 20.8 Å². The van der Waals surface area contributed by atoms with Crippen molar-refractivity contribution in [3.8, 4) is 34.1 Å². The molecular formula is C44H34N4O9. The number of phenols is 1. The number of fused-ring (bicyclic) bond motifs is 4. The van der Waals surface area contributed by atoms with Crippen molar-refractivity contribution in [3.63, 3.8) is 0 Å². The van der Waals surface area contributed by atoms with E-state index in [1.807, 2.05) is 42.5 Å². The molecule has 0 spiro atoms. The highest BCUT2D eigenvalue weighted by atomic mass is 16.5. The summed E-state index contributed by atoms with van der Waals surface area (Å²) in [6.07, 6.45) is 0. The summed E-state index contributed by atoms with van der Waals surface area (Å²) in [6.45, 7) is -0.278. The van der Waals surface area contributed by atoms with Gasteiger partial charge in [0.15, 0.2) is 5.43 Å². The van der Waals surface area contributed by atoms with Crippen molar-refractivity contribution >= 4 is 56.1 Å². The Bertz CT molecular complexity index is 2920. The number of methoxy groups -OCH3 is 2. The predicted octanol–water partition coefficient (Wildman–Crippen LogP) is 7.58. The molecular weight excluding hydrogens is 729 g/mol. The molecule has 0 saturated heterocycles. The zero-order chi connectivity index (χ0) is 39.8. The number of carbonyl (C=O) groups is 2. The Morgan fingerprint density at radius 2 is 1.47 bits per heavy atom. The van der Waals surface area contributed by atoms with E-state index in [-0.39, 0.29) is 64.5 Å². The van der Waals surface area contributed by atoms with Gasteiger partial charge in [-0.15, -0.1) is 0 Å². The largest absolute Gasteiger partial charge is 0.507 e. The standard InChI is InChI=1S/C44H34N4O9/c1-55-37-18-11-24-6-4-8-34(40(24)48-37)46-21-32-36(51)17-15-29-38(30-19-25(44(54)56-2)10-13-27(30)43(52)53)28-14-16-35(50)31(41(28)57-42(29)32)20-45-33-7-3-5-23-9-12-26(22-49)47-39(23)33/h3-19,45-46,49,51H,20-22H2,1-2H3,(H,52,53). The Labute approximate surface area is 324 Å². The topological polar surface area (TPSA) is 193 Å². The van der Waals surface area contributed by atoms with Gasteiger partial charge < -0.3 is 39.8 Å². The molecule has 5 N–H and O–H groups in total. The zero-order valence-corrected chi connectivity index (χ0v) is 30.6. The SMILES string of the molecule is COC(=O)c1ccc(C(=O)O)c(-c2c3ccc(=O)c(CNc4cccc5ccc(CO)nc45)c-3oc3c(CNc4cccc5ccc(OC)nc45)c(O)ccc23)c1. The number of para-hydroxylation sites is 2. The van der Waals surface area contributed by atoms with Crippen molar-refractivity contribution in [3.05, 3.63) is 141 Å². The molecule has 0 amide bonds. The Morgan fingerprint density at radius 3 is 2.16 bits per heavy atom. The molecule has 57 heavy (non-hydrogen) atoms. The number of hydrogen-bond donors (Lipinski definition) is 5. The molecule has 0 unspecified atom stereocenters. The number of carbonyl (C=O) groups excluding carboxylic acids is 1. The number of aromatic nitrogens is 2. The molecule has 0 fully saturated rings. The summed E-state index contributed by atoms with van der Waals surface area (Å²) in [5.41, 5.74) is 4.13. The lowest BCUT2D eigenvalue weighted by Crippen LogP contribution is -2.15. The molecule has 284 valence electrons. The minimum absolute atomic E-state index is 0.0170. The van der Waals surface area contributed by atoms with Gasteiger partial charge in [-0.1, -0.05) is 30.3 Å². The van der Waals surface area contributed by atoms with Gasteiger partial charge in [0.1, 0.15) is 17.1 Å². The molecule has 3 heterocycles. The van der Waals surface area contributed by atoms with E-state index in [1.54, 1.807) is 30.3 Å². The van der Waals surface area contributed by atoms with E-state index >= 15 is 0 Å². The van der Waals surface area contributed by atoms with Gasteiger partial charge >= 0.3 is 11.9 Å². The second-order valence-electron chi connectivity index (χ2n) is 13.2. The Hall–Kier alpha value is -7.51. The molecule has 13 heteroatoms. The van der Waals surface area contributed by atoms with E-state index in [9.17, 15) is 29.7 Å². The summed E-state index contributed by atoms with van der Waals surface area (Å²) in [7, 11) is 2.76. The van der Waals surface area contributed by atoms with Crippen LogP contribution in [-0.2, 0) is 24.4 Å². The van der Waals surface area contributed by atoms with Crippen molar-refractivity contribution in [1.82, 2.24) is 9.97 Å². The lowest BCUT2D eigenvalue weighted by atomic mass is 9.87. The molecule has 1 aliphatic heterocycles. The molecule has 2 aromatic heterocycles. The average Bonchev–Trinajstić information content (AvgIpc) is 3.24. The van der Waals surface area contributed by atoms with E-state index in [4.69, 9.17) is 13.9 Å². The highest BCUT2D eigenvalue weighted by molar-refractivity contribution is 6.10. The van der Waals surface area contributed by atoms with Gasteiger partial charge in [-0.05, 0) is 72.3 Å². The number of carboxylic acid groups (broad SMARTS) is 1. The van der Waals surface area contributed by atoms with Crippen LogP contribution in [0.4, 0.5) is 11.4 Å². The zero-order valence-electron chi connectivity index (χ0n) is 30.6. The minimum atomic E-state index is -1.25. The maximum Gasteiger partial charge on any atom is 0.337 e. The summed E-state index contributed by atoms with van der Waals surface area (Å²) < 4.78 is 17.0. The maximum absolute atomic E-state index is 13.8. The Morgan fingerprint density at radius 1 is 0.772 bits per heavy atom. The van der Waals surface area contributed by atoms with Crippen LogP contribution in [0.3, 0.4) is 0 Å². The number of ether oxygens (including phenoxy) is 2. The third-order valence-electron chi connectivity index (χ3n) is 9.89. The average molecular weight is 763 g/mol. The monoisotopic (exact) mass is 762 g/mol. The van der Waals surface area contributed by atoms with Crippen LogP contribution in [-0.4, -0.2) is 51.4 Å². The van der Waals surface area contributed by atoms with Crippen molar-refractivity contribution in [1.29, 1.82) is 0 Å². The van der Waals surface area contributed by atoms with E-state index < -0.39 is 11.9 Å². The number of esters is 1. The fourth-order valence-electron chi connectivity index (χ4n) is 7.08. The number of aromatic hydroxyl groups is 1.